The number of ether oxygens (including phenoxy) is 2. The largest absolute Gasteiger partial charge is 0.497 e. The monoisotopic (exact) mass is 264 g/mol. The van der Waals surface area contributed by atoms with Crippen LogP contribution in [0.15, 0.2) is 29.8 Å². The fourth-order valence-corrected chi connectivity index (χ4v) is 2.16. The van der Waals surface area contributed by atoms with Crippen LogP contribution in [0.4, 0.5) is 5.82 Å². The first-order chi connectivity index (χ1) is 8.74. The van der Waals surface area contributed by atoms with E-state index in [1.807, 2.05) is 0 Å². The molecular formula is C12H12N2O3S. The molecule has 0 bridgehead atoms. The first kappa shape index (κ1) is 12.4. The van der Waals surface area contributed by atoms with Crippen LogP contribution in [-0.2, 0) is 0 Å². The summed E-state index contributed by atoms with van der Waals surface area (Å²) >= 11 is 1.32. The van der Waals surface area contributed by atoms with Crippen molar-refractivity contribution in [2.24, 2.45) is 0 Å². The molecule has 0 fully saturated rings. The molecule has 0 radical (unpaired) electrons. The second-order valence-corrected chi connectivity index (χ2v) is 4.27. The third-order valence-electron chi connectivity index (χ3n) is 2.26. The Labute approximate surface area is 108 Å². The summed E-state index contributed by atoms with van der Waals surface area (Å²) in [6.07, 6.45) is 1.57. The van der Waals surface area contributed by atoms with E-state index in [9.17, 15) is 4.79 Å². The Balaban J connectivity index is 2.16. The highest BCUT2D eigenvalue weighted by molar-refractivity contribution is 7.12. The molecule has 0 aliphatic rings. The van der Waals surface area contributed by atoms with Crippen molar-refractivity contribution in [3.8, 4) is 11.5 Å². The molecule has 0 spiro atoms. The van der Waals surface area contributed by atoms with Gasteiger partial charge >= 0.3 is 0 Å². The molecule has 6 heteroatoms. The zero-order valence-corrected chi connectivity index (χ0v) is 10.8. The second kappa shape index (κ2) is 5.50. The lowest BCUT2D eigenvalue weighted by Crippen LogP contribution is -2.12. The lowest BCUT2D eigenvalue weighted by atomic mass is 10.4. The molecule has 94 valence electrons. The minimum atomic E-state index is -0.248. The fourth-order valence-electron chi connectivity index (χ4n) is 1.40. The van der Waals surface area contributed by atoms with Gasteiger partial charge in [-0.05, 0) is 17.5 Å². The summed E-state index contributed by atoms with van der Waals surface area (Å²) in [6.45, 7) is 0. The van der Waals surface area contributed by atoms with E-state index in [4.69, 9.17) is 9.47 Å². The predicted octanol–water partition coefficient (Wildman–Crippen LogP) is 2.41. The van der Waals surface area contributed by atoms with Crippen LogP contribution in [0.3, 0.4) is 0 Å². The van der Waals surface area contributed by atoms with Crippen molar-refractivity contribution in [3.63, 3.8) is 0 Å². The van der Waals surface area contributed by atoms with E-state index in [0.717, 1.165) is 0 Å². The maximum atomic E-state index is 12.0. The highest BCUT2D eigenvalue weighted by Gasteiger charge is 2.14. The summed E-state index contributed by atoms with van der Waals surface area (Å²) in [5.41, 5.74) is 0. The van der Waals surface area contributed by atoms with E-state index in [1.54, 1.807) is 36.9 Å². The number of hydrogen-bond donors (Lipinski definition) is 1. The van der Waals surface area contributed by atoms with Gasteiger partial charge in [0, 0.05) is 12.3 Å². The maximum Gasteiger partial charge on any atom is 0.270 e. The SMILES string of the molecule is COc1ccnc(NC(=O)c2sccc2OC)c1. The third kappa shape index (κ3) is 2.60. The number of methoxy groups -OCH3 is 2. The van der Waals surface area contributed by atoms with Crippen molar-refractivity contribution in [1.29, 1.82) is 0 Å². The molecular weight excluding hydrogens is 252 g/mol. The van der Waals surface area contributed by atoms with Gasteiger partial charge in [-0.1, -0.05) is 0 Å². The van der Waals surface area contributed by atoms with Crippen molar-refractivity contribution in [1.82, 2.24) is 4.98 Å². The summed E-state index contributed by atoms with van der Waals surface area (Å²) in [6, 6.07) is 5.11. The van der Waals surface area contributed by atoms with E-state index in [2.05, 4.69) is 10.3 Å². The normalized spacial score (nSPS) is 9.89. The number of nitrogens with one attached hydrogen (secondary N) is 1. The first-order valence-corrected chi connectivity index (χ1v) is 6.05. The van der Waals surface area contributed by atoms with Crippen LogP contribution in [0.2, 0.25) is 0 Å². The molecule has 1 amide bonds. The summed E-state index contributed by atoms with van der Waals surface area (Å²) in [5, 5.41) is 4.49. The van der Waals surface area contributed by atoms with Gasteiger partial charge in [-0.25, -0.2) is 4.98 Å². The number of anilines is 1. The Morgan fingerprint density at radius 1 is 1.33 bits per heavy atom. The highest BCUT2D eigenvalue weighted by Crippen LogP contribution is 2.25. The van der Waals surface area contributed by atoms with Gasteiger partial charge in [0.2, 0.25) is 0 Å². The molecule has 5 nitrogen and oxygen atoms in total. The maximum absolute atomic E-state index is 12.0. The Hall–Kier alpha value is -2.08. The zero-order chi connectivity index (χ0) is 13.0. The fraction of sp³-hybridized carbons (Fsp3) is 0.167. The minimum absolute atomic E-state index is 0.248. The standard InChI is InChI=1S/C12H12N2O3S/c1-16-8-3-5-13-10(7-8)14-12(15)11-9(17-2)4-6-18-11/h3-7H,1-2H3,(H,13,14,15). The molecule has 0 saturated carbocycles. The van der Waals surface area contributed by atoms with Crippen molar-refractivity contribution >= 4 is 23.1 Å². The van der Waals surface area contributed by atoms with E-state index in [1.165, 1.54) is 18.4 Å². The molecule has 2 rings (SSSR count). The molecule has 0 saturated heterocycles. The lowest BCUT2D eigenvalue weighted by molar-refractivity contribution is 0.102. The van der Waals surface area contributed by atoms with E-state index >= 15 is 0 Å². The lowest BCUT2D eigenvalue weighted by Gasteiger charge is -2.06. The van der Waals surface area contributed by atoms with E-state index in [-0.39, 0.29) is 5.91 Å². The molecule has 0 aliphatic heterocycles. The van der Waals surface area contributed by atoms with Crippen LogP contribution in [0.25, 0.3) is 0 Å². The number of hydrogen-bond acceptors (Lipinski definition) is 5. The van der Waals surface area contributed by atoms with Crippen molar-refractivity contribution in [2.75, 3.05) is 19.5 Å². The number of aromatic nitrogens is 1. The Kier molecular flexibility index (Phi) is 3.78. The molecule has 2 heterocycles. The highest BCUT2D eigenvalue weighted by atomic mass is 32.1. The third-order valence-corrected chi connectivity index (χ3v) is 3.16. The van der Waals surface area contributed by atoms with Crippen molar-refractivity contribution in [2.45, 2.75) is 0 Å². The van der Waals surface area contributed by atoms with Crippen LogP contribution >= 0.6 is 11.3 Å². The number of rotatable bonds is 4. The Morgan fingerprint density at radius 3 is 2.89 bits per heavy atom. The molecule has 2 aromatic heterocycles. The Morgan fingerprint density at radius 2 is 2.17 bits per heavy atom. The van der Waals surface area contributed by atoms with Gasteiger partial charge in [-0.2, -0.15) is 0 Å². The smallest absolute Gasteiger partial charge is 0.270 e. The van der Waals surface area contributed by atoms with Crippen molar-refractivity contribution < 1.29 is 14.3 Å². The zero-order valence-electron chi connectivity index (χ0n) is 9.97. The van der Waals surface area contributed by atoms with Crippen LogP contribution in [0.1, 0.15) is 9.67 Å². The summed E-state index contributed by atoms with van der Waals surface area (Å²) in [7, 11) is 3.09. The van der Waals surface area contributed by atoms with Crippen LogP contribution in [-0.4, -0.2) is 25.1 Å². The number of amides is 1. The molecule has 0 unspecified atom stereocenters. The van der Waals surface area contributed by atoms with Gasteiger partial charge in [0.05, 0.1) is 14.2 Å². The molecule has 18 heavy (non-hydrogen) atoms. The second-order valence-electron chi connectivity index (χ2n) is 3.35. The first-order valence-electron chi connectivity index (χ1n) is 5.17. The van der Waals surface area contributed by atoms with Gasteiger partial charge in [-0.3, -0.25) is 4.79 Å². The van der Waals surface area contributed by atoms with Crippen molar-refractivity contribution in [3.05, 3.63) is 34.7 Å². The average molecular weight is 264 g/mol. The van der Waals surface area contributed by atoms with Crippen LogP contribution < -0.4 is 14.8 Å². The number of carbonyl (C=O) groups is 1. The number of nitrogens with zero attached hydrogens (tertiary/aromatic N) is 1. The van der Waals surface area contributed by atoms with Gasteiger partial charge in [0.15, 0.2) is 0 Å². The summed E-state index contributed by atoms with van der Waals surface area (Å²) in [5.74, 6) is 1.39. The predicted molar refractivity (Wildman–Crippen MR) is 69.6 cm³/mol. The molecule has 2 aromatic rings. The summed E-state index contributed by atoms with van der Waals surface area (Å²) < 4.78 is 10.2. The minimum Gasteiger partial charge on any atom is -0.497 e. The van der Waals surface area contributed by atoms with E-state index < -0.39 is 0 Å². The van der Waals surface area contributed by atoms with Crippen LogP contribution in [0.5, 0.6) is 11.5 Å². The molecule has 0 atom stereocenters. The molecule has 1 N–H and O–H groups in total. The average Bonchev–Trinajstić information content (AvgIpc) is 2.87. The quantitative estimate of drug-likeness (QED) is 0.921. The van der Waals surface area contributed by atoms with Gasteiger partial charge < -0.3 is 14.8 Å². The van der Waals surface area contributed by atoms with Gasteiger partial charge in [0.25, 0.3) is 5.91 Å². The van der Waals surface area contributed by atoms with Gasteiger partial charge in [-0.15, -0.1) is 11.3 Å². The topological polar surface area (TPSA) is 60.5 Å². The number of pyridine rings is 1. The Bertz CT molecular complexity index is 554. The van der Waals surface area contributed by atoms with Crippen LogP contribution in [0, 0.1) is 0 Å². The summed E-state index contributed by atoms with van der Waals surface area (Å²) in [4.78, 5) is 16.6. The molecule has 0 aromatic carbocycles. The van der Waals surface area contributed by atoms with Gasteiger partial charge in [0.1, 0.15) is 22.2 Å². The molecule has 0 aliphatic carbocycles. The van der Waals surface area contributed by atoms with E-state index in [0.29, 0.717) is 22.2 Å². The number of carbonyl (C=O) groups excluding carboxylic acids is 1. The number of thiophene rings is 1.